The van der Waals surface area contributed by atoms with E-state index in [9.17, 15) is 0 Å². The van der Waals surface area contributed by atoms with Gasteiger partial charge in [0.15, 0.2) is 0 Å². The van der Waals surface area contributed by atoms with Gasteiger partial charge in [0.25, 0.3) is 0 Å². The molecule has 0 aliphatic rings. The second kappa shape index (κ2) is 18.0. The Labute approximate surface area is 379 Å². The minimum atomic E-state index is -1.57. The number of thiophene rings is 1. The molecule has 0 saturated heterocycles. The Morgan fingerprint density at radius 1 is 0.541 bits per heavy atom. The molecule has 5 heteroatoms. The molecule has 61 heavy (non-hydrogen) atoms. The van der Waals surface area contributed by atoms with Crippen LogP contribution in [0.1, 0.15) is 26.7 Å². The number of nitrogens with zero attached hydrogens (tertiary/aromatic N) is 2. The van der Waals surface area contributed by atoms with Gasteiger partial charge in [0, 0.05) is 38.6 Å². The van der Waals surface area contributed by atoms with Crippen LogP contribution in [0.25, 0.3) is 86.8 Å². The smallest absolute Gasteiger partial charge is 0.0799 e. The average Bonchev–Trinajstić information content (AvgIpc) is 3.67. The Kier molecular flexibility index (Phi) is 12.0. The number of rotatable bonds is 7. The largest absolute Gasteiger partial charge is 0.305 e. The molecule has 0 atom stereocenters. The van der Waals surface area contributed by atoms with E-state index in [0.717, 1.165) is 39.0 Å². The van der Waals surface area contributed by atoms with E-state index in [-0.39, 0.29) is 20.1 Å². The molecule has 0 bridgehead atoms. The van der Waals surface area contributed by atoms with Crippen LogP contribution < -0.4 is 5.19 Å². The third-order valence-corrected chi connectivity index (χ3v) is 14.3. The minimum absolute atomic E-state index is 0. The van der Waals surface area contributed by atoms with Gasteiger partial charge in [-0.25, -0.2) is 0 Å². The van der Waals surface area contributed by atoms with E-state index in [1.807, 2.05) is 67.9 Å². The molecule has 0 fully saturated rings. The Morgan fingerprint density at radius 2 is 1.15 bits per heavy atom. The molecule has 0 aliphatic heterocycles. The van der Waals surface area contributed by atoms with Crippen molar-refractivity contribution in [2.24, 2.45) is 0 Å². The van der Waals surface area contributed by atoms with Crippen LogP contribution in [0.15, 0.2) is 182 Å². The standard InChI is InChI=1S/C33H20NS.C23H26NSi.Ir/c1-2-8-22(9-3-1)23-12-6-13-24(18-23)26-16-17-28-29-14-7-15-30(33(29)35-32(28)20-26)31-19-25-10-4-5-11-27(25)21-34-31;1-17(2)21-15-22(24-16-23(21)25(3,4)5)20-13-9-12-19(14-20)18-10-7-6-8-11-18;/h1-14,16-21H;6-12,14-17H,1-5H3;/q2*-1;/i;17D;. The van der Waals surface area contributed by atoms with Crippen LogP contribution in [0.4, 0.5) is 0 Å². The van der Waals surface area contributed by atoms with Crippen molar-refractivity contribution in [2.75, 3.05) is 0 Å². The Bertz CT molecular complexity index is 3170. The molecule has 7 aromatic carbocycles. The first-order chi connectivity index (χ1) is 29.5. The second-order valence-electron chi connectivity index (χ2n) is 16.5. The van der Waals surface area contributed by atoms with Crippen molar-refractivity contribution in [3.05, 3.63) is 200 Å². The first kappa shape index (κ1) is 40.6. The van der Waals surface area contributed by atoms with Gasteiger partial charge in [-0.05, 0) is 83.3 Å². The molecule has 0 saturated carbocycles. The van der Waals surface area contributed by atoms with E-state index < -0.39 is 14.0 Å². The number of benzene rings is 7. The van der Waals surface area contributed by atoms with Gasteiger partial charge in [-0.15, -0.1) is 59.2 Å². The maximum atomic E-state index is 8.61. The van der Waals surface area contributed by atoms with Gasteiger partial charge in [0.05, 0.1) is 8.07 Å². The summed E-state index contributed by atoms with van der Waals surface area (Å²) in [6, 6.07) is 66.3. The summed E-state index contributed by atoms with van der Waals surface area (Å²) in [7, 11) is -1.57. The number of aromatic nitrogens is 2. The third kappa shape index (κ3) is 8.98. The SMILES string of the molecule is [2H]C(C)(C)c1cc(-c2[c-]ccc(-c3ccccc3)c2)ncc1[Si](C)(C)C.[Ir].[c-]1ccc2c(sc3cc(-c4cccc(-c5ccccc5)c4)ccc32)c1-c1cc2ccccc2cn1. The fraction of sp³-hybridized carbons (Fsp3) is 0.107. The van der Waals surface area contributed by atoms with E-state index in [4.69, 9.17) is 11.3 Å². The molecule has 0 spiro atoms. The molecule has 0 unspecified atom stereocenters. The molecule has 0 aliphatic carbocycles. The van der Waals surface area contributed by atoms with Crippen molar-refractivity contribution in [1.29, 1.82) is 0 Å². The molecule has 1 radical (unpaired) electrons. The molecular formula is C56H46IrN2SSi-2. The number of hydrogen-bond donors (Lipinski definition) is 0. The molecule has 10 aromatic rings. The summed E-state index contributed by atoms with van der Waals surface area (Å²) in [5.74, 6) is -0.648. The zero-order valence-electron chi connectivity index (χ0n) is 36.0. The predicted octanol–water partition coefficient (Wildman–Crippen LogP) is 15.3. The van der Waals surface area contributed by atoms with E-state index in [1.165, 1.54) is 58.6 Å². The Morgan fingerprint density at radius 3 is 1.85 bits per heavy atom. The molecule has 301 valence electrons. The molecule has 2 nitrogen and oxygen atoms in total. The van der Waals surface area contributed by atoms with E-state index in [0.29, 0.717) is 0 Å². The first-order valence-corrected chi connectivity index (χ1v) is 24.8. The van der Waals surface area contributed by atoms with Crippen molar-refractivity contribution in [3.63, 3.8) is 0 Å². The van der Waals surface area contributed by atoms with Crippen molar-refractivity contribution in [3.8, 4) is 55.9 Å². The second-order valence-corrected chi connectivity index (χ2v) is 22.6. The fourth-order valence-corrected chi connectivity index (χ4v) is 10.7. The third-order valence-electron chi connectivity index (χ3n) is 11.1. The van der Waals surface area contributed by atoms with Crippen LogP contribution in [0.3, 0.4) is 0 Å². The first-order valence-electron chi connectivity index (χ1n) is 21.0. The number of fused-ring (bicyclic) bond motifs is 4. The van der Waals surface area contributed by atoms with Crippen molar-refractivity contribution < 1.29 is 21.5 Å². The number of pyridine rings is 2. The molecular weight excluding hydrogens is 953 g/mol. The monoisotopic (exact) mass is 1000 g/mol. The zero-order valence-corrected chi connectivity index (χ0v) is 39.2. The summed E-state index contributed by atoms with van der Waals surface area (Å²) >= 11 is 1.83. The van der Waals surface area contributed by atoms with Gasteiger partial charge in [0.2, 0.25) is 0 Å². The van der Waals surface area contributed by atoms with Gasteiger partial charge < -0.3 is 9.97 Å². The Hall–Kier alpha value is -5.81. The molecule has 10 rings (SSSR count). The number of hydrogen-bond acceptors (Lipinski definition) is 3. The normalized spacial score (nSPS) is 11.8. The van der Waals surface area contributed by atoms with Crippen LogP contribution in [-0.2, 0) is 20.1 Å². The van der Waals surface area contributed by atoms with Gasteiger partial charge in [-0.3, -0.25) is 0 Å². The van der Waals surface area contributed by atoms with Crippen molar-refractivity contribution in [1.82, 2.24) is 9.97 Å². The maximum absolute atomic E-state index is 8.61. The van der Waals surface area contributed by atoms with Gasteiger partial charge in [-0.2, -0.15) is 11.3 Å². The van der Waals surface area contributed by atoms with E-state index in [1.54, 1.807) is 0 Å². The summed E-state index contributed by atoms with van der Waals surface area (Å²) in [6.07, 6.45) is 3.96. The van der Waals surface area contributed by atoms with Gasteiger partial charge in [0.1, 0.15) is 0 Å². The summed E-state index contributed by atoms with van der Waals surface area (Å²) < 4.78 is 11.1. The minimum Gasteiger partial charge on any atom is -0.305 e. The predicted molar refractivity (Wildman–Crippen MR) is 261 cm³/mol. The van der Waals surface area contributed by atoms with Crippen molar-refractivity contribution in [2.45, 2.75) is 39.4 Å². The molecule has 3 heterocycles. The molecule has 3 aromatic heterocycles. The van der Waals surface area contributed by atoms with Crippen LogP contribution in [-0.4, -0.2) is 18.0 Å². The average molecular weight is 1000 g/mol. The summed E-state index contributed by atoms with van der Waals surface area (Å²) in [5, 5.41) is 6.16. The van der Waals surface area contributed by atoms with Crippen LogP contribution in [0.5, 0.6) is 0 Å². The topological polar surface area (TPSA) is 25.8 Å². The molecule has 0 amide bonds. The van der Waals surface area contributed by atoms with Crippen molar-refractivity contribution >= 4 is 55.5 Å². The van der Waals surface area contributed by atoms with E-state index in [2.05, 4.69) is 171 Å². The summed E-state index contributed by atoms with van der Waals surface area (Å²) in [5.41, 5.74) is 12.3. The van der Waals surface area contributed by atoms with E-state index >= 15 is 0 Å². The molecule has 0 N–H and O–H groups in total. The Balaban J connectivity index is 0.000000176. The summed E-state index contributed by atoms with van der Waals surface area (Å²) in [4.78, 5) is 9.52. The zero-order chi connectivity index (χ0) is 42.1. The summed E-state index contributed by atoms with van der Waals surface area (Å²) in [6.45, 7) is 10.8. The maximum Gasteiger partial charge on any atom is 0.0799 e. The van der Waals surface area contributed by atoms with Crippen LogP contribution >= 0.6 is 11.3 Å². The van der Waals surface area contributed by atoms with Gasteiger partial charge >= 0.3 is 0 Å². The van der Waals surface area contributed by atoms with Crippen LogP contribution in [0, 0.1) is 12.1 Å². The van der Waals surface area contributed by atoms with Gasteiger partial charge in [-0.1, -0.05) is 172 Å². The van der Waals surface area contributed by atoms with Crippen LogP contribution in [0.2, 0.25) is 19.6 Å². The quantitative estimate of drug-likeness (QED) is 0.117. The fourth-order valence-electron chi connectivity index (χ4n) is 7.88.